The molecule has 26 nitrogen and oxygen atoms in total. The first-order valence-electron chi connectivity index (χ1n) is 60.6. The Bertz CT molecular complexity index is 5210. The number of nitrogens with zero attached hydrogens (tertiary/aromatic N) is 1. The molecule has 8 spiro atoms. The zero-order chi connectivity index (χ0) is 105. The van der Waals surface area contributed by atoms with Crippen molar-refractivity contribution < 1.29 is 120 Å². The number of ether oxygens (including phenoxy) is 17. The van der Waals surface area contributed by atoms with Crippen LogP contribution in [0.5, 0.6) is 0 Å². The molecule has 0 radical (unpaired) electrons. The summed E-state index contributed by atoms with van der Waals surface area (Å²) in [5, 5.41) is 48.9. The maximum atomic E-state index is 13.3. The summed E-state index contributed by atoms with van der Waals surface area (Å²) in [6, 6.07) is 0. The maximum absolute atomic E-state index is 13.3. The van der Waals surface area contributed by atoms with E-state index in [4.69, 9.17) is 80.5 Å². The first kappa shape index (κ1) is 108. The Morgan fingerprint density at radius 3 is 1.21 bits per heavy atom. The van der Waals surface area contributed by atoms with E-state index in [1.54, 1.807) is 0 Å². The van der Waals surface area contributed by atoms with Crippen molar-refractivity contribution >= 4 is 23.4 Å². The molecule has 0 bridgehead atoms. The van der Waals surface area contributed by atoms with Crippen molar-refractivity contribution in [3.63, 3.8) is 0 Å². The molecule has 28 aliphatic rings. The van der Waals surface area contributed by atoms with Gasteiger partial charge in [0.25, 0.3) is 0 Å². The molecule has 24 fully saturated rings. The number of Topliss-reactive ketones (excluding diaryl/α,β-unsaturated/α-hetero) is 2. The van der Waals surface area contributed by atoms with E-state index in [2.05, 4.69) is 114 Å². The number of piperidine rings is 1. The molecule has 4 N–H and O–H groups in total. The average molecular weight is 2090 g/mol. The van der Waals surface area contributed by atoms with Crippen molar-refractivity contribution in [2.45, 2.75) is 442 Å². The van der Waals surface area contributed by atoms with Crippen molar-refractivity contribution in [3.05, 3.63) is 46.6 Å². The largest absolute Gasteiger partial charge is 0.459 e. The predicted molar refractivity (Wildman–Crippen MR) is 557 cm³/mol. The molecule has 0 aromatic carbocycles. The number of allylic oxidation sites excluding steroid dienone is 4. The molecule has 10 aliphatic heterocycles. The van der Waals surface area contributed by atoms with E-state index in [1.165, 1.54) is 22.3 Å². The lowest BCUT2D eigenvalue weighted by atomic mass is 9.40. The average Bonchev–Trinajstić information content (AvgIpc) is 1.41. The molecule has 0 aromatic rings. The van der Waals surface area contributed by atoms with E-state index in [0.29, 0.717) is 185 Å². The van der Waals surface area contributed by atoms with Gasteiger partial charge in [-0.25, -0.2) is 0 Å². The van der Waals surface area contributed by atoms with Gasteiger partial charge in [-0.15, -0.1) is 0 Å². The Hall–Kier alpha value is -3.56. The number of cyclic esters (lactones) is 1. The quantitative estimate of drug-likeness (QED) is 0.142. The number of carbonyl (C=O) groups excluding carboxylic acids is 4. The second-order valence-electron chi connectivity index (χ2n) is 57.4. The van der Waals surface area contributed by atoms with E-state index in [0.717, 1.165) is 238 Å². The molecule has 29 atom stereocenters. The Balaban J connectivity index is 0.0000000999. The molecule has 10 saturated heterocycles. The summed E-state index contributed by atoms with van der Waals surface area (Å²) in [4.78, 5) is 52.9. The van der Waals surface area contributed by atoms with Crippen LogP contribution in [0, 0.1) is 143 Å². The van der Waals surface area contributed by atoms with Crippen LogP contribution < -0.4 is 0 Å². The molecular formula is C124H187NO25. The summed E-state index contributed by atoms with van der Waals surface area (Å²) in [5.74, 6) is 1.29. The van der Waals surface area contributed by atoms with Crippen molar-refractivity contribution in [3.8, 4) is 0 Å². The Kier molecular flexibility index (Phi) is 27.2. The smallest absolute Gasteiger partial charge is 0.306 e. The van der Waals surface area contributed by atoms with Crippen LogP contribution >= 0.6 is 0 Å². The third kappa shape index (κ3) is 16.3. The van der Waals surface area contributed by atoms with Crippen LogP contribution in [0.25, 0.3) is 0 Å². The van der Waals surface area contributed by atoms with Crippen LogP contribution in [0.3, 0.4) is 0 Å². The minimum atomic E-state index is -0.965. The number of likely N-dealkylation sites (tertiary alicyclic amines) is 1. The fourth-order valence-corrected chi connectivity index (χ4v) is 42.7. The minimum Gasteiger partial charge on any atom is -0.459 e. The first-order valence-corrected chi connectivity index (χ1v) is 60.6. The van der Waals surface area contributed by atoms with Gasteiger partial charge in [-0.3, -0.25) is 19.2 Å². The van der Waals surface area contributed by atoms with Crippen LogP contribution in [0.1, 0.15) is 367 Å². The lowest BCUT2D eigenvalue weighted by Gasteiger charge is -2.67. The van der Waals surface area contributed by atoms with E-state index >= 15 is 0 Å². The van der Waals surface area contributed by atoms with Crippen LogP contribution in [0.15, 0.2) is 46.6 Å². The Morgan fingerprint density at radius 2 is 0.767 bits per heavy atom. The van der Waals surface area contributed by atoms with Crippen molar-refractivity contribution in [1.29, 1.82) is 0 Å². The topological polar surface area (TPSA) is 309 Å². The van der Waals surface area contributed by atoms with Gasteiger partial charge in [0.05, 0.1) is 135 Å². The van der Waals surface area contributed by atoms with Gasteiger partial charge in [0.2, 0.25) is 5.91 Å². The normalized spacial score (nSPS) is 48.2. The molecule has 0 aromatic heterocycles. The highest BCUT2D eigenvalue weighted by molar-refractivity contribution is 5.96. The number of hydrogen-bond donors (Lipinski definition) is 4. The van der Waals surface area contributed by atoms with E-state index < -0.39 is 80.0 Å². The number of carbonyl (C=O) groups is 4. The van der Waals surface area contributed by atoms with E-state index in [9.17, 15) is 39.6 Å². The number of fused-ring (bicyclic) bond motifs is 27. The zero-order valence-corrected chi connectivity index (χ0v) is 94.1. The van der Waals surface area contributed by atoms with Crippen molar-refractivity contribution in [2.75, 3.05) is 119 Å². The summed E-state index contributed by atoms with van der Waals surface area (Å²) in [6.07, 6.45) is 46.1. The number of esters is 1. The number of amides is 1. The lowest BCUT2D eigenvalue weighted by Crippen LogP contribution is -2.69. The monoisotopic (exact) mass is 2090 g/mol. The number of aliphatic hydroxyl groups is 4. The highest BCUT2D eigenvalue weighted by Crippen LogP contribution is 2.79. The SMILES string of the molecule is CC(C)(C)[C@]1(O)C[C@@]2(C)[C@@H](CCC23OCCO3)[C@@H]2CC=C3CC4(CC[C@]3(C)[C@H]21)OCCO4.CCCC[C@]1(O)C[C@@]2(C)[C@@H](CCC23OCCO3)[C@@H]2CC=C3CC4(CC[C@]3(C)[C@H]21)OCCO4.C[C@]1(CCC(=O)N2CCCCC2)OC(=O)CC[C@@H]2[C@@H]1C(=O)C[C@]1(C)C(=O)CC[C@@H]21.C[C@]1(O)C[C@@]2(C)[C@@H](CCC23OCCO3)[C@@H]2CC=C3CC4(CC[C@]3(C)[C@H]21)OCCO4.C[C@]12CCC3(CC1=CC[C@@H]1[C@@H]2[C@@H](O)C[C@@]2(C)[C@H]1CCC21OCCO1)OCCO3. The molecule has 26 heteroatoms. The van der Waals surface area contributed by atoms with Crippen molar-refractivity contribution in [2.24, 2.45) is 143 Å². The molecular weight excluding hydrogens is 1900 g/mol. The predicted octanol–water partition coefficient (Wildman–Crippen LogP) is 20.1. The summed E-state index contributed by atoms with van der Waals surface area (Å²) in [6.45, 7) is 46.6. The fourth-order valence-electron chi connectivity index (χ4n) is 42.7. The number of hydrogen-bond acceptors (Lipinski definition) is 25. The molecule has 838 valence electrons. The number of aliphatic hydroxyl groups excluding tert-OH is 1. The summed E-state index contributed by atoms with van der Waals surface area (Å²) >= 11 is 0. The van der Waals surface area contributed by atoms with Gasteiger partial charge in [-0.2, -0.15) is 0 Å². The Labute approximate surface area is 893 Å². The zero-order valence-electron chi connectivity index (χ0n) is 94.1. The molecule has 1 amide bonds. The van der Waals surface area contributed by atoms with Gasteiger partial charge in [0, 0.05) is 155 Å². The van der Waals surface area contributed by atoms with Gasteiger partial charge in [-0.1, -0.05) is 149 Å². The second-order valence-corrected chi connectivity index (χ2v) is 57.4. The highest BCUT2D eigenvalue weighted by Gasteiger charge is 2.79. The highest BCUT2D eigenvalue weighted by atomic mass is 16.8. The summed E-state index contributed by atoms with van der Waals surface area (Å²) in [7, 11) is 0. The number of rotatable bonds is 6. The molecule has 18 aliphatic carbocycles. The number of ketones is 2. The van der Waals surface area contributed by atoms with Crippen LogP contribution in [0.2, 0.25) is 0 Å². The van der Waals surface area contributed by atoms with E-state index in [1.807, 2.05) is 18.7 Å². The van der Waals surface area contributed by atoms with E-state index in [-0.39, 0.29) is 121 Å². The van der Waals surface area contributed by atoms with Crippen LogP contribution in [-0.4, -0.2) is 242 Å². The molecule has 10 heterocycles. The third-order valence-corrected chi connectivity index (χ3v) is 49.5. The summed E-state index contributed by atoms with van der Waals surface area (Å²) < 4.78 is 105. The van der Waals surface area contributed by atoms with Crippen molar-refractivity contribution in [1.82, 2.24) is 4.90 Å². The van der Waals surface area contributed by atoms with Gasteiger partial charge in [0.15, 0.2) is 46.3 Å². The third-order valence-electron chi connectivity index (χ3n) is 49.5. The van der Waals surface area contributed by atoms with Gasteiger partial charge in [-0.05, 0) is 260 Å². The molecule has 28 rings (SSSR count). The van der Waals surface area contributed by atoms with Gasteiger partial charge >= 0.3 is 5.97 Å². The maximum Gasteiger partial charge on any atom is 0.306 e. The van der Waals surface area contributed by atoms with Crippen LogP contribution in [0.4, 0.5) is 0 Å². The lowest BCUT2D eigenvalue weighted by molar-refractivity contribution is -0.295. The standard InChI is InChI=1S/2C27H42O5.C24H36O5.C23H33NO5.C23H34O5/c1-22(2,3)26(28)17-24(5)20(8-9-27(24)31-14-15-32-27)19-7-6-18-16-25(29-12-13-30-25)11-10-23(18,4)21(19)26;1-4-5-9-25(28)18-24(3)21(8-10-27(24)31-15-16-32-27)20-7-6-19-17-26(29-13-14-30-26)12-11-23(19,2)22(20)25;1-20-8-9-23(26-10-11-27-23)14-16(20)4-5-17-18-6-7-24(28-12-13-29-24)21(18,2)15-22(3,25)19(17)20;1-22-14-17(25)21-15(16(22)7-8-18(22)26)6-9-20(28)29-23(21,2)11-10-19(27)24-12-4-3-5-13-24;1-20-7-8-22(25-9-10-26-22)13-15(20)3-4-16-17-5-6-23(27-11-12-28-23)21(17,2)14-18(24)19(16)20/h6,19-21,28H,7-17H2,1-5H3;6,20-22,28H,4-5,7-18H2,1-3H3;4,17-19,25H,5-15H2,1-3H3;15-16,21H,3-14H2,1-2H3;3,16-19,24H,4-14H2,1-2H3/t19-,20-,21-,23-,24-,26-;20-,21-,22-,23-,24-,25-;17-,18-,19-,20-,21-,22-;15-,16-,21+,22-,23+;16-,17-,18-,19+,20-,21-/m00000/s1. The molecule has 14 saturated carbocycles. The van der Waals surface area contributed by atoms with Crippen LogP contribution in [-0.2, 0) is 99.7 Å². The molecule has 150 heavy (non-hydrogen) atoms. The molecule has 0 unspecified atom stereocenters. The van der Waals surface area contributed by atoms with Gasteiger partial charge < -0.3 is 106 Å². The summed E-state index contributed by atoms with van der Waals surface area (Å²) in [5.41, 5.74) is 1.40. The fraction of sp³-hybridized carbons (Fsp3) is 0.903. The Morgan fingerprint density at radius 1 is 0.387 bits per heavy atom. The number of unbranched alkanes of at least 4 members (excludes halogenated alkanes) is 1. The van der Waals surface area contributed by atoms with Gasteiger partial charge in [0.1, 0.15) is 17.2 Å². The second kappa shape index (κ2) is 37.8. The first-order chi connectivity index (χ1) is 71.2. The minimum absolute atomic E-state index is 0.0143.